The molecule has 0 aliphatic carbocycles. The van der Waals surface area contributed by atoms with Gasteiger partial charge in [-0.15, -0.1) is 11.3 Å². The molecule has 20 heavy (non-hydrogen) atoms. The van der Waals surface area contributed by atoms with Crippen molar-refractivity contribution in [3.63, 3.8) is 0 Å². The molecule has 0 aromatic carbocycles. The average Bonchev–Trinajstić information content (AvgIpc) is 2.68. The second-order valence-electron chi connectivity index (χ2n) is 5.37. The zero-order valence-electron chi connectivity index (χ0n) is 11.0. The van der Waals surface area contributed by atoms with Crippen LogP contribution >= 0.6 is 34.5 Å². The molecule has 2 aliphatic rings. The predicted molar refractivity (Wildman–Crippen MR) is 79.1 cm³/mol. The van der Waals surface area contributed by atoms with Crippen LogP contribution in [0.5, 0.6) is 0 Å². The summed E-state index contributed by atoms with van der Waals surface area (Å²) in [5, 5.41) is 9.83. The maximum Gasteiger partial charge on any atom is 0.407 e. The molecule has 0 saturated carbocycles. The molecule has 2 atom stereocenters. The van der Waals surface area contributed by atoms with Crippen LogP contribution in [0.25, 0.3) is 0 Å². The number of fused-ring (bicyclic) bond motifs is 2. The lowest BCUT2D eigenvalue weighted by atomic mass is 9.82. The number of amides is 1. The van der Waals surface area contributed by atoms with Gasteiger partial charge < -0.3 is 14.7 Å². The number of thiophene rings is 1. The summed E-state index contributed by atoms with van der Waals surface area (Å²) >= 11 is 13.9. The van der Waals surface area contributed by atoms with Crippen LogP contribution in [0.15, 0.2) is 0 Å². The van der Waals surface area contributed by atoms with Crippen molar-refractivity contribution in [2.45, 2.75) is 37.8 Å². The zero-order valence-corrected chi connectivity index (χ0v) is 13.3. The van der Waals surface area contributed by atoms with Crippen molar-refractivity contribution in [2.75, 3.05) is 13.2 Å². The van der Waals surface area contributed by atoms with Gasteiger partial charge in [-0.2, -0.15) is 0 Å². The van der Waals surface area contributed by atoms with Crippen molar-refractivity contribution in [1.82, 2.24) is 4.90 Å². The second kappa shape index (κ2) is 5.05. The summed E-state index contributed by atoms with van der Waals surface area (Å²) < 4.78 is 6.68. The molecule has 1 N–H and O–H groups in total. The van der Waals surface area contributed by atoms with E-state index in [2.05, 4.69) is 0 Å². The molecule has 1 aromatic rings. The van der Waals surface area contributed by atoms with Crippen molar-refractivity contribution >= 4 is 40.6 Å². The molecule has 1 fully saturated rings. The summed E-state index contributed by atoms with van der Waals surface area (Å²) in [4.78, 5) is 13.8. The molecular weight excluding hydrogens is 321 g/mol. The maximum atomic E-state index is 11.2. The molecule has 3 rings (SSSR count). The smallest absolute Gasteiger partial charge is 0.407 e. The minimum absolute atomic E-state index is 0.0770. The highest BCUT2D eigenvalue weighted by Crippen LogP contribution is 2.51. The predicted octanol–water partition coefficient (Wildman–Crippen LogP) is 3.99. The van der Waals surface area contributed by atoms with E-state index in [1.807, 2.05) is 6.92 Å². The standard InChI is InChI=1S/C13H15Cl2NO3S/c1-7-6-13(3-4-16(7)12(17)18)10-8(2-5-19-13)9(14)11(15)20-10/h7H,2-6H2,1H3,(H,17,18)/t7-,13+/m0/s1. The van der Waals surface area contributed by atoms with Gasteiger partial charge in [0.1, 0.15) is 9.94 Å². The lowest BCUT2D eigenvalue weighted by Gasteiger charge is -2.46. The Balaban J connectivity index is 1.96. The number of piperidine rings is 1. The fourth-order valence-electron chi connectivity index (χ4n) is 3.25. The van der Waals surface area contributed by atoms with E-state index in [9.17, 15) is 9.90 Å². The van der Waals surface area contributed by atoms with Crippen LogP contribution in [0.2, 0.25) is 9.36 Å². The lowest BCUT2D eigenvalue weighted by molar-refractivity contribution is -0.104. The van der Waals surface area contributed by atoms with Crippen LogP contribution < -0.4 is 0 Å². The van der Waals surface area contributed by atoms with E-state index in [1.165, 1.54) is 16.2 Å². The molecule has 1 saturated heterocycles. The van der Waals surface area contributed by atoms with Crippen molar-refractivity contribution in [3.8, 4) is 0 Å². The Morgan fingerprint density at radius 1 is 1.55 bits per heavy atom. The first-order valence-electron chi connectivity index (χ1n) is 6.55. The number of likely N-dealkylation sites (tertiary alicyclic amines) is 1. The topological polar surface area (TPSA) is 49.8 Å². The van der Waals surface area contributed by atoms with Gasteiger partial charge in [-0.1, -0.05) is 23.2 Å². The van der Waals surface area contributed by atoms with Crippen LogP contribution in [0.4, 0.5) is 4.79 Å². The summed E-state index contributed by atoms with van der Waals surface area (Å²) in [6.07, 6.45) is 1.21. The first kappa shape index (κ1) is 14.4. The molecule has 7 heteroatoms. The van der Waals surface area contributed by atoms with Crippen LogP contribution in [0.1, 0.15) is 30.2 Å². The third-order valence-corrected chi connectivity index (χ3v) is 6.46. The van der Waals surface area contributed by atoms with Gasteiger partial charge in [-0.25, -0.2) is 4.79 Å². The molecule has 3 heterocycles. The van der Waals surface area contributed by atoms with Crippen LogP contribution in [0.3, 0.4) is 0 Å². The highest BCUT2D eigenvalue weighted by atomic mass is 35.5. The van der Waals surface area contributed by atoms with Gasteiger partial charge in [0.2, 0.25) is 0 Å². The van der Waals surface area contributed by atoms with E-state index in [-0.39, 0.29) is 6.04 Å². The third kappa shape index (κ3) is 2.11. The van der Waals surface area contributed by atoms with E-state index in [1.54, 1.807) is 0 Å². The van der Waals surface area contributed by atoms with Crippen molar-refractivity contribution in [3.05, 3.63) is 19.8 Å². The normalized spacial score (nSPS) is 29.6. The molecule has 110 valence electrons. The maximum absolute atomic E-state index is 11.2. The van der Waals surface area contributed by atoms with E-state index in [0.29, 0.717) is 35.4 Å². The summed E-state index contributed by atoms with van der Waals surface area (Å²) in [6.45, 7) is 3.01. The van der Waals surface area contributed by atoms with E-state index in [0.717, 1.165) is 16.9 Å². The Bertz CT molecular complexity index is 562. The van der Waals surface area contributed by atoms with E-state index < -0.39 is 11.7 Å². The minimum Gasteiger partial charge on any atom is -0.465 e. The summed E-state index contributed by atoms with van der Waals surface area (Å²) in [7, 11) is 0. The van der Waals surface area contributed by atoms with Crippen LogP contribution in [-0.4, -0.2) is 35.3 Å². The summed E-state index contributed by atoms with van der Waals surface area (Å²) in [5.74, 6) is 0. The molecule has 1 amide bonds. The van der Waals surface area contributed by atoms with Gasteiger partial charge in [0.05, 0.1) is 11.6 Å². The minimum atomic E-state index is -0.870. The number of carbonyl (C=O) groups is 1. The Morgan fingerprint density at radius 3 is 2.95 bits per heavy atom. The van der Waals surface area contributed by atoms with Crippen LogP contribution in [0, 0.1) is 0 Å². The van der Waals surface area contributed by atoms with Crippen LogP contribution in [-0.2, 0) is 16.8 Å². The summed E-state index contributed by atoms with van der Waals surface area (Å²) in [6, 6.07) is -0.0770. The molecule has 2 aliphatic heterocycles. The van der Waals surface area contributed by atoms with Crippen molar-refractivity contribution in [1.29, 1.82) is 0 Å². The highest BCUT2D eigenvalue weighted by Gasteiger charge is 2.46. The molecule has 1 spiro atoms. The fraction of sp³-hybridized carbons (Fsp3) is 0.615. The molecule has 1 aromatic heterocycles. The lowest BCUT2D eigenvalue weighted by Crippen LogP contribution is -2.51. The van der Waals surface area contributed by atoms with Gasteiger partial charge in [0.25, 0.3) is 0 Å². The Morgan fingerprint density at radius 2 is 2.30 bits per heavy atom. The molecule has 4 nitrogen and oxygen atoms in total. The van der Waals surface area contributed by atoms with Gasteiger partial charge >= 0.3 is 6.09 Å². The monoisotopic (exact) mass is 335 g/mol. The zero-order chi connectivity index (χ0) is 14.5. The van der Waals surface area contributed by atoms with Gasteiger partial charge in [-0.05, 0) is 25.3 Å². The van der Waals surface area contributed by atoms with Crippen molar-refractivity contribution in [2.24, 2.45) is 0 Å². The first-order chi connectivity index (χ1) is 9.44. The molecule has 0 unspecified atom stereocenters. The molecule has 0 bridgehead atoms. The average molecular weight is 336 g/mol. The Labute approximate surface area is 131 Å². The first-order valence-corrected chi connectivity index (χ1v) is 8.12. The number of nitrogens with zero attached hydrogens (tertiary/aromatic N) is 1. The fourth-order valence-corrected chi connectivity index (χ4v) is 5.11. The summed E-state index contributed by atoms with van der Waals surface area (Å²) in [5.41, 5.74) is 0.671. The third-order valence-electron chi connectivity index (χ3n) is 4.21. The number of carboxylic acid groups (broad SMARTS) is 1. The SMILES string of the molecule is C[C@H]1C[C@@]2(CCN1C(=O)O)OCCc1c2sc(Cl)c1Cl. The number of rotatable bonds is 0. The van der Waals surface area contributed by atoms with E-state index in [4.69, 9.17) is 27.9 Å². The van der Waals surface area contributed by atoms with Crippen molar-refractivity contribution < 1.29 is 14.6 Å². The quantitative estimate of drug-likeness (QED) is 0.779. The second-order valence-corrected chi connectivity index (χ2v) is 7.37. The Kier molecular flexibility index (Phi) is 3.65. The van der Waals surface area contributed by atoms with Gasteiger partial charge in [0.15, 0.2) is 0 Å². The highest BCUT2D eigenvalue weighted by molar-refractivity contribution is 7.17. The number of halogens is 2. The largest absolute Gasteiger partial charge is 0.465 e. The van der Waals surface area contributed by atoms with Gasteiger partial charge in [-0.3, -0.25) is 0 Å². The Hall–Kier alpha value is -0.490. The molecular formula is C13H15Cl2NO3S. The number of ether oxygens (including phenoxy) is 1. The number of hydrogen-bond donors (Lipinski definition) is 1. The number of hydrogen-bond acceptors (Lipinski definition) is 3. The van der Waals surface area contributed by atoms with E-state index >= 15 is 0 Å². The van der Waals surface area contributed by atoms with Gasteiger partial charge in [0, 0.05) is 23.9 Å². The molecule has 0 radical (unpaired) electrons.